The summed E-state index contributed by atoms with van der Waals surface area (Å²) >= 11 is 6.16. The molecule has 1 aliphatic rings. The predicted molar refractivity (Wildman–Crippen MR) is 76.3 cm³/mol. The maximum atomic E-state index is 6.16. The van der Waals surface area contributed by atoms with Crippen LogP contribution in [0, 0.1) is 0 Å². The zero-order chi connectivity index (χ0) is 12.4. The van der Waals surface area contributed by atoms with E-state index in [0.29, 0.717) is 6.04 Å². The van der Waals surface area contributed by atoms with Gasteiger partial charge in [0.15, 0.2) is 0 Å². The Bertz CT molecular complexity index is 550. The third-order valence-corrected chi connectivity index (χ3v) is 3.59. The molecule has 4 heteroatoms. The smallest absolute Gasteiger partial charge is 0.0934 e. The van der Waals surface area contributed by atoms with Gasteiger partial charge in [-0.25, -0.2) is 0 Å². The van der Waals surface area contributed by atoms with E-state index < -0.39 is 0 Å². The monoisotopic (exact) mass is 261 g/mol. The van der Waals surface area contributed by atoms with Crippen LogP contribution < -0.4 is 10.6 Å². The molecule has 0 bridgehead atoms. The fraction of sp³-hybridized carbons (Fsp3) is 0.357. The molecule has 94 valence electrons. The molecular formula is C14H16ClN3. The van der Waals surface area contributed by atoms with Crippen molar-refractivity contribution >= 4 is 28.2 Å². The first-order valence-electron chi connectivity index (χ1n) is 6.34. The average molecular weight is 262 g/mol. The Hall–Kier alpha value is -1.32. The molecule has 18 heavy (non-hydrogen) atoms. The highest BCUT2D eigenvalue weighted by molar-refractivity contribution is 6.31. The fourth-order valence-corrected chi connectivity index (χ4v) is 2.68. The van der Waals surface area contributed by atoms with E-state index in [0.717, 1.165) is 47.5 Å². The summed E-state index contributed by atoms with van der Waals surface area (Å²) in [6.45, 7) is 2.15. The summed E-state index contributed by atoms with van der Waals surface area (Å²) in [4.78, 5) is 4.45. The summed E-state index contributed by atoms with van der Waals surface area (Å²) in [6.07, 6.45) is 4.10. The lowest BCUT2D eigenvalue weighted by Gasteiger charge is -2.25. The van der Waals surface area contributed by atoms with Crippen LogP contribution >= 0.6 is 11.6 Å². The Morgan fingerprint density at radius 1 is 1.28 bits per heavy atom. The third kappa shape index (κ3) is 2.42. The molecular weight excluding hydrogens is 246 g/mol. The largest absolute Gasteiger partial charge is 0.380 e. The summed E-state index contributed by atoms with van der Waals surface area (Å²) in [5.74, 6) is 0. The van der Waals surface area contributed by atoms with E-state index in [1.54, 1.807) is 0 Å². The standard InChI is InChI=1S/C14H16ClN3/c15-11-8-10-2-1-5-17-14(10)13(9-11)18-12-3-6-16-7-4-12/h1-2,5,8-9,12,16,18H,3-4,6-7H2. The summed E-state index contributed by atoms with van der Waals surface area (Å²) in [5, 5.41) is 8.79. The number of aromatic nitrogens is 1. The van der Waals surface area contributed by atoms with Gasteiger partial charge in [0, 0.05) is 22.6 Å². The topological polar surface area (TPSA) is 37.0 Å². The minimum atomic E-state index is 0.509. The lowest BCUT2D eigenvalue weighted by atomic mass is 10.1. The highest BCUT2D eigenvalue weighted by Gasteiger charge is 2.14. The number of nitrogens with zero attached hydrogens (tertiary/aromatic N) is 1. The van der Waals surface area contributed by atoms with E-state index >= 15 is 0 Å². The molecule has 3 nitrogen and oxygen atoms in total. The lowest BCUT2D eigenvalue weighted by molar-refractivity contribution is 0.479. The van der Waals surface area contributed by atoms with Crippen LogP contribution in [0.4, 0.5) is 5.69 Å². The third-order valence-electron chi connectivity index (χ3n) is 3.37. The quantitative estimate of drug-likeness (QED) is 0.873. The van der Waals surface area contributed by atoms with Crippen molar-refractivity contribution in [2.24, 2.45) is 0 Å². The summed E-state index contributed by atoms with van der Waals surface area (Å²) < 4.78 is 0. The first-order chi connectivity index (χ1) is 8.83. The minimum absolute atomic E-state index is 0.509. The average Bonchev–Trinajstić information content (AvgIpc) is 2.40. The van der Waals surface area contributed by atoms with Crippen LogP contribution in [0.5, 0.6) is 0 Å². The van der Waals surface area contributed by atoms with Crippen LogP contribution in [0.1, 0.15) is 12.8 Å². The molecule has 2 aromatic rings. The molecule has 1 aromatic carbocycles. The Labute approximate surface area is 112 Å². The number of nitrogens with one attached hydrogen (secondary N) is 2. The number of hydrogen-bond donors (Lipinski definition) is 2. The van der Waals surface area contributed by atoms with E-state index in [1.165, 1.54) is 0 Å². The van der Waals surface area contributed by atoms with Crippen molar-refractivity contribution in [2.75, 3.05) is 18.4 Å². The summed E-state index contributed by atoms with van der Waals surface area (Å²) in [7, 11) is 0. The van der Waals surface area contributed by atoms with Gasteiger partial charge in [0.2, 0.25) is 0 Å². The predicted octanol–water partition coefficient (Wildman–Crippen LogP) is 3.05. The van der Waals surface area contributed by atoms with Gasteiger partial charge in [0.25, 0.3) is 0 Å². The van der Waals surface area contributed by atoms with Gasteiger partial charge in [-0.2, -0.15) is 0 Å². The van der Waals surface area contributed by atoms with Crippen molar-refractivity contribution in [3.05, 3.63) is 35.5 Å². The first kappa shape index (κ1) is 11.8. The summed E-state index contributed by atoms with van der Waals surface area (Å²) in [6, 6.07) is 8.42. The SMILES string of the molecule is Clc1cc(NC2CCNCC2)c2ncccc2c1. The van der Waals surface area contributed by atoms with Gasteiger partial charge >= 0.3 is 0 Å². The zero-order valence-corrected chi connectivity index (χ0v) is 10.9. The molecule has 1 aromatic heterocycles. The molecule has 3 rings (SSSR count). The Kier molecular flexibility index (Phi) is 3.35. The molecule has 0 spiro atoms. The van der Waals surface area contributed by atoms with Crippen LogP contribution in [-0.2, 0) is 0 Å². The Morgan fingerprint density at radius 3 is 2.94 bits per heavy atom. The van der Waals surface area contributed by atoms with Crippen molar-refractivity contribution in [3.8, 4) is 0 Å². The molecule has 2 N–H and O–H groups in total. The second-order valence-corrected chi connectivity index (χ2v) is 5.13. The van der Waals surface area contributed by atoms with Gasteiger partial charge in [0.05, 0.1) is 11.2 Å². The van der Waals surface area contributed by atoms with E-state index in [9.17, 15) is 0 Å². The number of halogens is 1. The zero-order valence-electron chi connectivity index (χ0n) is 10.1. The molecule has 0 aliphatic carbocycles. The van der Waals surface area contributed by atoms with Crippen molar-refractivity contribution in [1.29, 1.82) is 0 Å². The van der Waals surface area contributed by atoms with Gasteiger partial charge in [-0.3, -0.25) is 4.98 Å². The van der Waals surface area contributed by atoms with E-state index in [-0.39, 0.29) is 0 Å². The molecule has 1 aliphatic heterocycles. The van der Waals surface area contributed by atoms with Crippen LogP contribution in [0.3, 0.4) is 0 Å². The van der Waals surface area contributed by atoms with Crippen LogP contribution in [0.25, 0.3) is 10.9 Å². The van der Waals surface area contributed by atoms with Gasteiger partial charge in [0.1, 0.15) is 0 Å². The highest BCUT2D eigenvalue weighted by Crippen LogP contribution is 2.27. The van der Waals surface area contributed by atoms with Crippen molar-refractivity contribution in [1.82, 2.24) is 10.3 Å². The molecule has 0 saturated carbocycles. The number of benzene rings is 1. The van der Waals surface area contributed by atoms with Gasteiger partial charge in [-0.15, -0.1) is 0 Å². The summed E-state index contributed by atoms with van der Waals surface area (Å²) in [5.41, 5.74) is 2.05. The second-order valence-electron chi connectivity index (χ2n) is 4.70. The van der Waals surface area contributed by atoms with Crippen molar-refractivity contribution in [3.63, 3.8) is 0 Å². The van der Waals surface area contributed by atoms with E-state index in [2.05, 4.69) is 15.6 Å². The maximum absolute atomic E-state index is 6.16. The number of anilines is 1. The van der Waals surface area contributed by atoms with Crippen LogP contribution in [-0.4, -0.2) is 24.1 Å². The minimum Gasteiger partial charge on any atom is -0.380 e. The van der Waals surface area contributed by atoms with Gasteiger partial charge in [-0.05, 0) is 44.1 Å². The normalized spacial score (nSPS) is 16.9. The number of fused-ring (bicyclic) bond motifs is 1. The maximum Gasteiger partial charge on any atom is 0.0934 e. The Morgan fingerprint density at radius 2 is 2.11 bits per heavy atom. The molecule has 2 heterocycles. The van der Waals surface area contributed by atoms with Gasteiger partial charge < -0.3 is 10.6 Å². The van der Waals surface area contributed by atoms with Crippen LogP contribution in [0.2, 0.25) is 5.02 Å². The molecule has 0 atom stereocenters. The highest BCUT2D eigenvalue weighted by atomic mass is 35.5. The lowest BCUT2D eigenvalue weighted by Crippen LogP contribution is -2.35. The first-order valence-corrected chi connectivity index (χ1v) is 6.72. The van der Waals surface area contributed by atoms with Crippen molar-refractivity contribution in [2.45, 2.75) is 18.9 Å². The second kappa shape index (κ2) is 5.12. The number of pyridine rings is 1. The molecule has 0 amide bonds. The van der Waals surface area contributed by atoms with E-state index in [1.807, 2.05) is 30.5 Å². The molecule has 0 unspecified atom stereocenters. The Balaban J connectivity index is 1.94. The number of piperidine rings is 1. The fourth-order valence-electron chi connectivity index (χ4n) is 2.45. The van der Waals surface area contributed by atoms with Crippen molar-refractivity contribution < 1.29 is 0 Å². The van der Waals surface area contributed by atoms with Crippen LogP contribution in [0.15, 0.2) is 30.5 Å². The van der Waals surface area contributed by atoms with Gasteiger partial charge in [-0.1, -0.05) is 17.7 Å². The molecule has 0 radical (unpaired) electrons. The molecule has 1 fully saturated rings. The number of rotatable bonds is 2. The van der Waals surface area contributed by atoms with E-state index in [4.69, 9.17) is 11.6 Å². The number of hydrogen-bond acceptors (Lipinski definition) is 3. The molecule has 1 saturated heterocycles.